The minimum Gasteiger partial charge on any atom is -0.727 e. The van der Waals surface area contributed by atoms with Crippen LogP contribution >= 0.6 is 0 Å². The van der Waals surface area contributed by atoms with E-state index in [4.69, 9.17) is 21.0 Å². The SMILES string of the molecule is OOO.[O-]O. The fourth-order valence-electron chi connectivity index (χ4n) is 0. The van der Waals surface area contributed by atoms with Gasteiger partial charge in [-0.2, -0.15) is 0 Å². The lowest BCUT2D eigenvalue weighted by Crippen LogP contribution is -1.84. The molecule has 3 N–H and O–H groups in total. The maximum atomic E-state index is 7.25. The van der Waals surface area contributed by atoms with E-state index >= 15 is 0 Å². The van der Waals surface area contributed by atoms with Gasteiger partial charge in [-0.25, -0.2) is 10.5 Å². The molecule has 0 saturated heterocycles. The molecule has 0 aliphatic carbocycles. The van der Waals surface area contributed by atoms with Crippen molar-refractivity contribution in [2.75, 3.05) is 0 Å². The van der Waals surface area contributed by atoms with Crippen LogP contribution in [-0.2, 0) is 5.04 Å². The molecule has 0 saturated carbocycles. The standard InChI is InChI=1S/H2O3.H2O2/c1-3-2;1-2/h1-2H;1-2H/p-1. The third-order valence-corrected chi connectivity index (χ3v) is 0. The average Bonchev–Trinajstić information content (AvgIpc) is 1.46. The normalized spacial score (nSPS) is 4.80. The van der Waals surface area contributed by atoms with Gasteiger partial charge in [0.2, 0.25) is 0 Å². The van der Waals surface area contributed by atoms with E-state index in [0.29, 0.717) is 0 Å². The summed E-state index contributed by atoms with van der Waals surface area (Å²) in [6.07, 6.45) is 0. The van der Waals surface area contributed by atoms with E-state index in [1.807, 2.05) is 0 Å². The molecule has 0 aromatic rings. The molecule has 0 aromatic heterocycles. The summed E-state index contributed by atoms with van der Waals surface area (Å²) in [6, 6.07) is 0. The third kappa shape index (κ3) is 308. The van der Waals surface area contributed by atoms with Crippen molar-refractivity contribution >= 4 is 0 Å². The summed E-state index contributed by atoms with van der Waals surface area (Å²) < 4.78 is 0. The summed E-state index contributed by atoms with van der Waals surface area (Å²) in [6.45, 7) is 0. The second kappa shape index (κ2) is 46.5. The molecule has 34 valence electrons. The van der Waals surface area contributed by atoms with Crippen molar-refractivity contribution in [3.63, 3.8) is 0 Å². The highest BCUT2D eigenvalue weighted by Gasteiger charge is 1.27. The minimum absolute atomic E-state index is 2.25. The van der Waals surface area contributed by atoms with Gasteiger partial charge in [-0.05, 0) is 0 Å². The Labute approximate surface area is 27.5 Å². The predicted octanol–water partition coefficient (Wildman–Crippen LogP) is -1.23. The first-order valence-corrected chi connectivity index (χ1v) is 0.548. The zero-order chi connectivity index (χ0) is 4.71. The fraction of sp³-hybridized carbons (Fsp3) is 0. The van der Waals surface area contributed by atoms with Crippen LogP contribution in [0.25, 0.3) is 0 Å². The zero-order valence-corrected chi connectivity index (χ0v) is 2.16. The molecule has 0 spiro atoms. The monoisotopic (exact) mass is 83.0 g/mol. The second-order valence-electron chi connectivity index (χ2n) is 0.0816. The van der Waals surface area contributed by atoms with Crippen molar-refractivity contribution in [3.05, 3.63) is 0 Å². The Morgan fingerprint density at radius 1 is 1.20 bits per heavy atom. The summed E-state index contributed by atoms with van der Waals surface area (Å²) in [7, 11) is 0. The molecule has 0 amide bonds. The molecule has 0 aliphatic rings. The van der Waals surface area contributed by atoms with E-state index in [2.05, 4.69) is 5.04 Å². The van der Waals surface area contributed by atoms with E-state index in [9.17, 15) is 0 Å². The van der Waals surface area contributed by atoms with Gasteiger partial charge < -0.3 is 10.5 Å². The fourth-order valence-corrected chi connectivity index (χ4v) is 0. The van der Waals surface area contributed by atoms with Crippen LogP contribution in [0.2, 0.25) is 0 Å². The molecule has 5 nitrogen and oxygen atoms in total. The van der Waals surface area contributed by atoms with Gasteiger partial charge in [0, 0.05) is 0 Å². The van der Waals surface area contributed by atoms with Crippen molar-refractivity contribution in [1.82, 2.24) is 0 Å². The van der Waals surface area contributed by atoms with Gasteiger partial charge >= 0.3 is 0 Å². The van der Waals surface area contributed by atoms with Crippen LogP contribution in [0.4, 0.5) is 0 Å². The molecular formula is H3O5-. The molecule has 5 heteroatoms. The smallest absolute Gasteiger partial charge is 0.0737 e. The summed E-state index contributed by atoms with van der Waals surface area (Å²) >= 11 is 0. The van der Waals surface area contributed by atoms with Gasteiger partial charge in [-0.3, -0.25) is 0 Å². The molecule has 0 bridgehead atoms. The largest absolute Gasteiger partial charge is 0.727 e. The Balaban J connectivity index is 0. The number of hydrogen-bond acceptors (Lipinski definition) is 5. The Kier molecular flexibility index (Phi) is 82.3. The van der Waals surface area contributed by atoms with Gasteiger partial charge in [0.25, 0.3) is 0 Å². The van der Waals surface area contributed by atoms with Crippen LogP contribution in [0.5, 0.6) is 0 Å². The zero-order valence-electron chi connectivity index (χ0n) is 2.16. The van der Waals surface area contributed by atoms with Crippen LogP contribution in [0, 0.1) is 0 Å². The Morgan fingerprint density at radius 2 is 1.20 bits per heavy atom. The van der Waals surface area contributed by atoms with Gasteiger partial charge in [-0.1, -0.05) is 5.04 Å². The minimum atomic E-state index is 2.25. The average molecular weight is 83.0 g/mol. The molecule has 5 heavy (non-hydrogen) atoms. The topological polar surface area (TPSA) is 93.0 Å². The summed E-state index contributed by atoms with van der Waals surface area (Å²) in [4.78, 5) is 0. The van der Waals surface area contributed by atoms with Crippen LogP contribution in [0.3, 0.4) is 0 Å². The highest BCUT2D eigenvalue weighted by atomic mass is 17.4. The van der Waals surface area contributed by atoms with Crippen molar-refractivity contribution < 1.29 is 26.1 Å². The van der Waals surface area contributed by atoms with Crippen LogP contribution < -0.4 is 5.26 Å². The van der Waals surface area contributed by atoms with Gasteiger partial charge in [0.05, 0.1) is 0 Å². The molecule has 0 atom stereocenters. The van der Waals surface area contributed by atoms with Crippen LogP contribution in [0.1, 0.15) is 0 Å². The van der Waals surface area contributed by atoms with Gasteiger partial charge in [-0.15, -0.1) is 0 Å². The summed E-state index contributed by atoms with van der Waals surface area (Å²) in [5, 5.41) is 28.5. The van der Waals surface area contributed by atoms with E-state index in [0.717, 1.165) is 0 Å². The van der Waals surface area contributed by atoms with E-state index in [1.54, 1.807) is 0 Å². The first-order chi connectivity index (χ1) is 2.41. The lowest BCUT2D eigenvalue weighted by Gasteiger charge is -1.61. The van der Waals surface area contributed by atoms with Crippen LogP contribution in [0.15, 0.2) is 0 Å². The maximum absolute atomic E-state index is 7.25. The highest BCUT2D eigenvalue weighted by molar-refractivity contribution is 2.38. The van der Waals surface area contributed by atoms with E-state index < -0.39 is 0 Å². The molecule has 0 fully saturated rings. The summed E-state index contributed by atoms with van der Waals surface area (Å²) in [5.74, 6) is 0. The van der Waals surface area contributed by atoms with E-state index in [1.165, 1.54) is 0 Å². The number of hydrogen-bond donors (Lipinski definition) is 3. The second-order valence-corrected chi connectivity index (χ2v) is 0.0816. The highest BCUT2D eigenvalue weighted by Crippen LogP contribution is 1.24. The van der Waals surface area contributed by atoms with Crippen molar-refractivity contribution in [2.45, 2.75) is 0 Å². The number of rotatable bonds is 0. The lowest BCUT2D eigenvalue weighted by atomic mass is 14.6. The van der Waals surface area contributed by atoms with Gasteiger partial charge in [0.15, 0.2) is 0 Å². The Hall–Kier alpha value is -0.200. The Morgan fingerprint density at radius 3 is 1.20 bits per heavy atom. The molecule has 0 aromatic carbocycles. The first-order valence-electron chi connectivity index (χ1n) is 0.548. The van der Waals surface area contributed by atoms with E-state index in [-0.39, 0.29) is 0 Å². The van der Waals surface area contributed by atoms with Gasteiger partial charge in [0.1, 0.15) is 0 Å². The molecule has 0 rings (SSSR count). The Bertz CT molecular complexity index is 0. The molecule has 0 aliphatic heterocycles. The molecule has 0 unspecified atom stereocenters. The quantitative estimate of drug-likeness (QED) is 0.252. The van der Waals surface area contributed by atoms with Crippen molar-refractivity contribution in [3.8, 4) is 0 Å². The van der Waals surface area contributed by atoms with Crippen molar-refractivity contribution in [1.29, 1.82) is 0 Å². The summed E-state index contributed by atoms with van der Waals surface area (Å²) in [5.41, 5.74) is 0. The molecule has 0 heterocycles. The van der Waals surface area contributed by atoms with Crippen molar-refractivity contribution in [2.24, 2.45) is 0 Å². The third-order valence-electron chi connectivity index (χ3n) is 0. The lowest BCUT2D eigenvalue weighted by molar-refractivity contribution is -0.670. The predicted molar refractivity (Wildman–Crippen MR) is 8.97 cm³/mol. The first kappa shape index (κ1) is 8.84. The molecular weight excluding hydrogens is 80.0 g/mol. The maximum Gasteiger partial charge on any atom is -0.0737 e. The molecule has 0 radical (unpaired) electrons. The van der Waals surface area contributed by atoms with Crippen LogP contribution in [-0.4, -0.2) is 15.8 Å².